The standard InChI is InChI=1S/C27H34O2Si/c1-26(2,3)30(24-11-7-5-8-12-24,25-13-9-6-10-14-25)29-23-16-18-27(4)17-15-22(28)19-21(27)20-23/h5-15,17,21,23H,16,18-20H2,1-4H3/t21-,23+,27+/m1/s1. The molecule has 158 valence electrons. The molecule has 0 aromatic heterocycles. The highest BCUT2D eigenvalue weighted by Crippen LogP contribution is 2.48. The molecule has 0 bridgehead atoms. The lowest BCUT2D eigenvalue weighted by Crippen LogP contribution is -2.68. The van der Waals surface area contributed by atoms with Gasteiger partial charge in [0.25, 0.3) is 8.32 Å². The highest BCUT2D eigenvalue weighted by atomic mass is 28.4. The Hall–Kier alpha value is -1.97. The van der Waals surface area contributed by atoms with Crippen LogP contribution in [-0.4, -0.2) is 20.2 Å². The average molecular weight is 419 g/mol. The van der Waals surface area contributed by atoms with E-state index in [1.54, 1.807) is 6.08 Å². The molecular formula is C27H34O2Si. The van der Waals surface area contributed by atoms with Gasteiger partial charge in [0, 0.05) is 12.5 Å². The molecule has 1 fully saturated rings. The highest BCUT2D eigenvalue weighted by molar-refractivity contribution is 6.99. The van der Waals surface area contributed by atoms with E-state index in [1.165, 1.54) is 10.4 Å². The minimum atomic E-state index is -2.54. The smallest absolute Gasteiger partial charge is 0.261 e. The Bertz CT molecular complexity index is 873. The van der Waals surface area contributed by atoms with Crippen LogP contribution in [0.1, 0.15) is 53.4 Å². The van der Waals surface area contributed by atoms with Crippen molar-refractivity contribution in [2.45, 2.75) is 64.5 Å². The molecular weight excluding hydrogens is 384 g/mol. The van der Waals surface area contributed by atoms with Crippen molar-refractivity contribution in [2.24, 2.45) is 11.3 Å². The van der Waals surface area contributed by atoms with E-state index in [-0.39, 0.29) is 22.3 Å². The van der Waals surface area contributed by atoms with Crippen LogP contribution in [-0.2, 0) is 9.22 Å². The summed E-state index contributed by atoms with van der Waals surface area (Å²) in [6.45, 7) is 9.32. The van der Waals surface area contributed by atoms with Crippen molar-refractivity contribution in [2.75, 3.05) is 0 Å². The minimum absolute atomic E-state index is 0.0151. The third-order valence-corrected chi connectivity index (χ3v) is 12.4. The number of carbonyl (C=O) groups is 1. The maximum absolute atomic E-state index is 12.1. The molecule has 4 rings (SSSR count). The van der Waals surface area contributed by atoms with Gasteiger partial charge in [-0.3, -0.25) is 4.79 Å². The normalized spacial score (nSPS) is 27.0. The fourth-order valence-corrected chi connectivity index (χ4v) is 10.3. The first-order valence-electron chi connectivity index (χ1n) is 11.3. The molecule has 3 atom stereocenters. The summed E-state index contributed by atoms with van der Waals surface area (Å²) in [6, 6.07) is 21.7. The van der Waals surface area contributed by atoms with Crippen molar-refractivity contribution < 1.29 is 9.22 Å². The molecule has 0 saturated heterocycles. The maximum Gasteiger partial charge on any atom is 0.261 e. The van der Waals surface area contributed by atoms with Gasteiger partial charge in [-0.15, -0.1) is 0 Å². The van der Waals surface area contributed by atoms with Crippen molar-refractivity contribution in [3.05, 3.63) is 72.8 Å². The predicted octanol–water partition coefficient (Wildman–Crippen LogP) is 5.27. The number of carbonyl (C=O) groups excluding carboxylic acids is 1. The number of hydrogen-bond acceptors (Lipinski definition) is 2. The summed E-state index contributed by atoms with van der Waals surface area (Å²) in [4.78, 5) is 12.1. The first kappa shape index (κ1) is 21.3. The number of fused-ring (bicyclic) bond motifs is 1. The Labute approximate surface area is 182 Å². The lowest BCUT2D eigenvalue weighted by molar-refractivity contribution is -0.118. The Balaban J connectivity index is 1.75. The number of ketones is 1. The minimum Gasteiger partial charge on any atom is -0.404 e. The molecule has 0 radical (unpaired) electrons. The fourth-order valence-electron chi connectivity index (χ4n) is 5.56. The number of hydrogen-bond donors (Lipinski definition) is 0. The number of rotatable bonds is 4. The van der Waals surface area contributed by atoms with Crippen LogP contribution in [0.4, 0.5) is 0 Å². The van der Waals surface area contributed by atoms with Crippen LogP contribution in [0.2, 0.25) is 5.04 Å². The lowest BCUT2D eigenvalue weighted by Gasteiger charge is -2.49. The molecule has 2 aromatic rings. The largest absolute Gasteiger partial charge is 0.404 e. The first-order valence-corrected chi connectivity index (χ1v) is 13.2. The van der Waals surface area contributed by atoms with Crippen molar-refractivity contribution in [3.8, 4) is 0 Å². The van der Waals surface area contributed by atoms with Crippen LogP contribution in [0.25, 0.3) is 0 Å². The van der Waals surface area contributed by atoms with E-state index in [4.69, 9.17) is 4.43 Å². The van der Waals surface area contributed by atoms with E-state index >= 15 is 0 Å². The topological polar surface area (TPSA) is 26.3 Å². The van der Waals surface area contributed by atoms with Crippen molar-refractivity contribution in [3.63, 3.8) is 0 Å². The van der Waals surface area contributed by atoms with Crippen LogP contribution < -0.4 is 10.4 Å². The molecule has 0 N–H and O–H groups in total. The summed E-state index contributed by atoms with van der Waals surface area (Å²) in [5.41, 5.74) is 0.138. The molecule has 2 nitrogen and oxygen atoms in total. The third-order valence-electron chi connectivity index (χ3n) is 7.34. The van der Waals surface area contributed by atoms with Crippen molar-refractivity contribution in [1.82, 2.24) is 0 Å². The molecule has 0 heterocycles. The van der Waals surface area contributed by atoms with Gasteiger partial charge in [-0.05, 0) is 52.1 Å². The zero-order valence-corrected chi connectivity index (χ0v) is 19.7. The van der Waals surface area contributed by atoms with Gasteiger partial charge in [-0.25, -0.2) is 0 Å². The molecule has 2 aliphatic rings. The Morgan fingerprint density at radius 1 is 0.967 bits per heavy atom. The van der Waals surface area contributed by atoms with Crippen LogP contribution >= 0.6 is 0 Å². The maximum atomic E-state index is 12.1. The van der Waals surface area contributed by atoms with Crippen LogP contribution in [0, 0.1) is 11.3 Å². The molecule has 30 heavy (non-hydrogen) atoms. The van der Waals surface area contributed by atoms with Crippen LogP contribution in [0.5, 0.6) is 0 Å². The van der Waals surface area contributed by atoms with E-state index in [2.05, 4.69) is 94.4 Å². The van der Waals surface area contributed by atoms with Crippen LogP contribution in [0.15, 0.2) is 72.8 Å². The Morgan fingerprint density at radius 3 is 2.07 bits per heavy atom. The summed E-state index contributed by atoms with van der Waals surface area (Å²) >= 11 is 0. The molecule has 0 amide bonds. The van der Waals surface area contributed by atoms with Gasteiger partial charge < -0.3 is 4.43 Å². The summed E-state index contributed by atoms with van der Waals surface area (Å²) < 4.78 is 7.35. The monoisotopic (exact) mass is 418 g/mol. The molecule has 0 spiro atoms. The van der Waals surface area contributed by atoms with E-state index in [1.807, 2.05) is 0 Å². The van der Waals surface area contributed by atoms with E-state index < -0.39 is 8.32 Å². The molecule has 3 heteroatoms. The second kappa shape index (κ2) is 7.94. The molecule has 1 saturated carbocycles. The van der Waals surface area contributed by atoms with E-state index in [9.17, 15) is 4.79 Å². The predicted molar refractivity (Wildman–Crippen MR) is 127 cm³/mol. The summed E-state index contributed by atoms with van der Waals surface area (Å²) in [7, 11) is -2.54. The third kappa shape index (κ3) is 3.74. The number of allylic oxidation sites excluding steroid dienone is 2. The second-order valence-electron chi connectivity index (χ2n) is 10.4. The summed E-state index contributed by atoms with van der Waals surface area (Å²) in [5, 5.41) is 2.65. The van der Waals surface area contributed by atoms with Gasteiger partial charge in [-0.2, -0.15) is 0 Å². The van der Waals surface area contributed by atoms with E-state index in [0.29, 0.717) is 12.3 Å². The van der Waals surface area contributed by atoms with Gasteiger partial charge in [0.2, 0.25) is 0 Å². The van der Waals surface area contributed by atoms with Crippen molar-refractivity contribution >= 4 is 24.5 Å². The van der Waals surface area contributed by atoms with Gasteiger partial charge in [0.05, 0.1) is 0 Å². The van der Waals surface area contributed by atoms with Gasteiger partial charge in [0.15, 0.2) is 5.78 Å². The fraction of sp³-hybridized carbons (Fsp3) is 0.444. The second-order valence-corrected chi connectivity index (χ2v) is 14.6. The van der Waals surface area contributed by atoms with E-state index in [0.717, 1.165) is 19.3 Å². The molecule has 0 aliphatic heterocycles. The Morgan fingerprint density at radius 2 is 1.53 bits per heavy atom. The zero-order chi connectivity index (χ0) is 21.4. The van der Waals surface area contributed by atoms with Gasteiger partial charge >= 0.3 is 0 Å². The summed E-state index contributed by atoms with van der Waals surface area (Å²) in [6.07, 6.45) is 7.93. The van der Waals surface area contributed by atoms with Gasteiger partial charge in [0.1, 0.15) is 0 Å². The molecule has 0 unspecified atom stereocenters. The quantitative estimate of drug-likeness (QED) is 0.633. The number of benzene rings is 2. The lowest BCUT2D eigenvalue weighted by atomic mass is 9.63. The Kier molecular flexibility index (Phi) is 5.63. The molecule has 2 aromatic carbocycles. The van der Waals surface area contributed by atoms with Crippen LogP contribution in [0.3, 0.4) is 0 Å². The molecule has 2 aliphatic carbocycles. The van der Waals surface area contributed by atoms with Gasteiger partial charge in [-0.1, -0.05) is 94.4 Å². The average Bonchev–Trinajstić information content (AvgIpc) is 2.73. The van der Waals surface area contributed by atoms with Crippen molar-refractivity contribution in [1.29, 1.82) is 0 Å². The first-order chi connectivity index (χ1) is 14.2. The highest BCUT2D eigenvalue weighted by Gasteiger charge is 2.53. The summed E-state index contributed by atoms with van der Waals surface area (Å²) in [5.74, 6) is 0.649. The zero-order valence-electron chi connectivity index (χ0n) is 18.7. The SMILES string of the molecule is CC(C)(C)[Si](O[C@H]1CC[C@]2(C)C=CC(=O)C[C@@H]2C1)(c1ccccc1)c1ccccc1.